The van der Waals surface area contributed by atoms with Gasteiger partial charge in [0.2, 0.25) is 11.8 Å². The van der Waals surface area contributed by atoms with E-state index >= 15 is 0 Å². The molecule has 0 bridgehead atoms. The number of hydrogen-bond acceptors (Lipinski definition) is 7. The third-order valence-corrected chi connectivity index (χ3v) is 3.97. The molecule has 0 aliphatic heterocycles. The van der Waals surface area contributed by atoms with Gasteiger partial charge in [0.15, 0.2) is 0 Å². The summed E-state index contributed by atoms with van der Waals surface area (Å²) in [5.41, 5.74) is 6.05. The summed E-state index contributed by atoms with van der Waals surface area (Å²) in [6, 6.07) is 6.33. The summed E-state index contributed by atoms with van der Waals surface area (Å²) in [5.74, 6) is -2.90. The Bertz CT molecular complexity index is 696. The molecule has 0 heterocycles. The summed E-state index contributed by atoms with van der Waals surface area (Å²) < 4.78 is 9.81. The highest BCUT2D eigenvalue weighted by Gasteiger charge is 2.30. The monoisotopic (exact) mass is 409 g/mol. The van der Waals surface area contributed by atoms with Crippen molar-refractivity contribution >= 4 is 23.9 Å². The molecule has 3 amide bonds. The molecule has 0 saturated carbocycles. The Morgan fingerprint density at radius 3 is 2.31 bits per heavy atom. The van der Waals surface area contributed by atoms with E-state index in [1.165, 1.54) is 0 Å². The third-order valence-electron chi connectivity index (χ3n) is 3.97. The molecule has 1 rings (SSSR count). The maximum absolute atomic E-state index is 12.3. The summed E-state index contributed by atoms with van der Waals surface area (Å²) in [5, 5.41) is 14.0. The lowest BCUT2D eigenvalue weighted by molar-refractivity contribution is -0.145. The second-order valence-corrected chi connectivity index (χ2v) is 6.32. The van der Waals surface area contributed by atoms with Crippen molar-refractivity contribution in [1.82, 2.24) is 10.6 Å². The van der Waals surface area contributed by atoms with Crippen LogP contribution >= 0.6 is 0 Å². The first-order chi connectivity index (χ1) is 13.8. The van der Waals surface area contributed by atoms with E-state index in [2.05, 4.69) is 10.6 Å². The van der Waals surface area contributed by atoms with Crippen LogP contribution < -0.4 is 16.4 Å². The molecule has 0 aliphatic carbocycles. The summed E-state index contributed by atoms with van der Waals surface area (Å²) in [6.45, 7) is 2.62. The number of esters is 1. The van der Waals surface area contributed by atoms with Gasteiger partial charge < -0.3 is 30.9 Å². The lowest BCUT2D eigenvalue weighted by Gasteiger charge is -2.24. The van der Waals surface area contributed by atoms with Crippen molar-refractivity contribution in [3.8, 4) is 0 Å². The van der Waals surface area contributed by atoms with Gasteiger partial charge >= 0.3 is 12.1 Å². The third kappa shape index (κ3) is 8.60. The molecule has 0 aromatic heterocycles. The SMILES string of the molecule is CCOC(=O)C[C@H](C)[C@H](NC(=O)[C@H](CO)NC(=O)OCc1ccccc1)C(N)=O. The van der Waals surface area contributed by atoms with Crippen LogP contribution in [0.4, 0.5) is 4.79 Å². The Morgan fingerprint density at radius 1 is 1.10 bits per heavy atom. The van der Waals surface area contributed by atoms with E-state index in [4.69, 9.17) is 15.2 Å². The van der Waals surface area contributed by atoms with Crippen molar-refractivity contribution in [1.29, 1.82) is 0 Å². The number of aliphatic hydroxyl groups is 1. The molecule has 1 aromatic rings. The smallest absolute Gasteiger partial charge is 0.408 e. The van der Waals surface area contributed by atoms with Crippen molar-refractivity contribution < 1.29 is 33.8 Å². The first-order valence-corrected chi connectivity index (χ1v) is 9.11. The van der Waals surface area contributed by atoms with E-state index in [1.54, 1.807) is 38.1 Å². The topological polar surface area (TPSA) is 157 Å². The molecule has 0 aliphatic rings. The fraction of sp³-hybridized carbons (Fsp3) is 0.474. The number of benzene rings is 1. The number of alkyl carbamates (subject to hydrolysis) is 1. The normalized spacial score (nSPS) is 13.5. The molecule has 160 valence electrons. The minimum absolute atomic E-state index is 0.0209. The molecule has 5 N–H and O–H groups in total. The molecule has 3 atom stereocenters. The number of primary amides is 1. The molecule has 10 heteroatoms. The van der Waals surface area contributed by atoms with E-state index in [-0.39, 0.29) is 19.6 Å². The van der Waals surface area contributed by atoms with Crippen molar-refractivity contribution in [2.75, 3.05) is 13.2 Å². The zero-order valence-corrected chi connectivity index (χ0v) is 16.4. The first-order valence-electron chi connectivity index (χ1n) is 9.11. The Hall–Kier alpha value is -3.14. The number of nitrogens with two attached hydrogens (primary N) is 1. The van der Waals surface area contributed by atoms with Crippen LogP contribution in [0.25, 0.3) is 0 Å². The molecule has 0 saturated heterocycles. The van der Waals surface area contributed by atoms with Gasteiger partial charge in [0.1, 0.15) is 18.7 Å². The van der Waals surface area contributed by atoms with Crippen molar-refractivity contribution in [2.24, 2.45) is 11.7 Å². The molecule has 0 fully saturated rings. The highest BCUT2D eigenvalue weighted by Crippen LogP contribution is 2.10. The Labute approximate surface area is 168 Å². The summed E-state index contributed by atoms with van der Waals surface area (Å²) in [4.78, 5) is 47.5. The van der Waals surface area contributed by atoms with Gasteiger partial charge in [-0.15, -0.1) is 0 Å². The maximum atomic E-state index is 12.3. The van der Waals surface area contributed by atoms with Gasteiger partial charge in [-0.2, -0.15) is 0 Å². The molecular weight excluding hydrogens is 382 g/mol. The molecule has 29 heavy (non-hydrogen) atoms. The second kappa shape index (κ2) is 12.3. The number of carbonyl (C=O) groups excluding carboxylic acids is 4. The Balaban J connectivity index is 2.62. The quantitative estimate of drug-likeness (QED) is 0.370. The largest absolute Gasteiger partial charge is 0.466 e. The lowest BCUT2D eigenvalue weighted by Crippen LogP contribution is -2.56. The molecule has 1 aromatic carbocycles. The van der Waals surface area contributed by atoms with E-state index in [9.17, 15) is 24.3 Å². The minimum atomic E-state index is -1.37. The van der Waals surface area contributed by atoms with Gasteiger partial charge in [-0.3, -0.25) is 14.4 Å². The van der Waals surface area contributed by atoms with Crippen molar-refractivity contribution in [2.45, 2.75) is 39.0 Å². The summed E-state index contributed by atoms with van der Waals surface area (Å²) in [7, 11) is 0. The van der Waals surface area contributed by atoms with Crippen LogP contribution in [0.15, 0.2) is 30.3 Å². The zero-order valence-electron chi connectivity index (χ0n) is 16.4. The van der Waals surface area contributed by atoms with Gasteiger partial charge in [-0.1, -0.05) is 37.3 Å². The van der Waals surface area contributed by atoms with Crippen molar-refractivity contribution in [3.63, 3.8) is 0 Å². The van der Waals surface area contributed by atoms with Crippen molar-refractivity contribution in [3.05, 3.63) is 35.9 Å². The fourth-order valence-electron chi connectivity index (χ4n) is 2.45. The van der Waals surface area contributed by atoms with Gasteiger partial charge in [-0.25, -0.2) is 4.79 Å². The van der Waals surface area contributed by atoms with E-state index in [0.29, 0.717) is 0 Å². The molecular formula is C19H27N3O7. The Morgan fingerprint density at radius 2 is 1.76 bits per heavy atom. The van der Waals surface area contributed by atoms with Crippen LogP contribution in [-0.4, -0.2) is 54.3 Å². The molecule has 0 radical (unpaired) electrons. The van der Waals surface area contributed by atoms with Crippen LogP contribution in [0, 0.1) is 5.92 Å². The molecule has 10 nitrogen and oxygen atoms in total. The summed E-state index contributed by atoms with van der Waals surface area (Å²) >= 11 is 0. The van der Waals surface area contributed by atoms with Crippen LogP contribution in [-0.2, 0) is 30.5 Å². The number of nitrogens with one attached hydrogen (secondary N) is 2. The van der Waals surface area contributed by atoms with Gasteiger partial charge in [0, 0.05) is 0 Å². The van der Waals surface area contributed by atoms with Crippen LogP contribution in [0.5, 0.6) is 0 Å². The van der Waals surface area contributed by atoms with Crippen LogP contribution in [0.2, 0.25) is 0 Å². The van der Waals surface area contributed by atoms with E-state index in [1.807, 2.05) is 6.07 Å². The zero-order chi connectivity index (χ0) is 21.8. The Kier molecular flexibility index (Phi) is 10.2. The predicted octanol–water partition coefficient (Wildman–Crippen LogP) is -0.167. The average molecular weight is 409 g/mol. The number of carbonyl (C=O) groups is 4. The standard InChI is InChI=1S/C19H27N3O7/c1-3-28-15(24)9-12(2)16(17(20)25)22-18(26)14(10-23)21-19(27)29-11-13-7-5-4-6-8-13/h4-8,12,14,16,23H,3,9-11H2,1-2H3,(H2,20,25)(H,21,27)(H,22,26)/t12-,14-,16-/m0/s1. The highest BCUT2D eigenvalue weighted by molar-refractivity contribution is 5.91. The van der Waals surface area contributed by atoms with Crippen LogP contribution in [0.3, 0.4) is 0 Å². The molecule has 0 spiro atoms. The van der Waals surface area contributed by atoms with Gasteiger partial charge in [-0.05, 0) is 18.4 Å². The predicted molar refractivity (Wildman–Crippen MR) is 102 cm³/mol. The summed E-state index contributed by atoms with van der Waals surface area (Å²) in [6.07, 6.45) is -1.06. The average Bonchev–Trinajstić information content (AvgIpc) is 2.69. The van der Waals surface area contributed by atoms with E-state index in [0.717, 1.165) is 5.56 Å². The maximum Gasteiger partial charge on any atom is 0.408 e. The first kappa shape index (κ1) is 23.9. The highest BCUT2D eigenvalue weighted by atomic mass is 16.5. The number of aliphatic hydroxyl groups excluding tert-OH is 1. The number of hydrogen-bond donors (Lipinski definition) is 4. The van der Waals surface area contributed by atoms with Gasteiger partial charge in [0.25, 0.3) is 0 Å². The number of ether oxygens (including phenoxy) is 2. The van der Waals surface area contributed by atoms with Gasteiger partial charge in [0.05, 0.1) is 19.6 Å². The number of rotatable bonds is 11. The minimum Gasteiger partial charge on any atom is -0.466 e. The molecule has 0 unspecified atom stereocenters. The lowest BCUT2D eigenvalue weighted by atomic mass is 9.97. The fourth-order valence-corrected chi connectivity index (χ4v) is 2.45. The number of amides is 3. The van der Waals surface area contributed by atoms with Crippen LogP contribution in [0.1, 0.15) is 25.8 Å². The van der Waals surface area contributed by atoms with E-state index < -0.39 is 48.5 Å². The second-order valence-electron chi connectivity index (χ2n) is 6.32.